The predicted octanol–water partition coefficient (Wildman–Crippen LogP) is 7.71. The Balaban J connectivity index is 0.000000173. The van der Waals surface area contributed by atoms with Gasteiger partial charge in [0.2, 0.25) is 28.8 Å². The molecular formula is C63H78Cl4N9NaO12. The van der Waals surface area contributed by atoms with E-state index in [0.29, 0.717) is 105 Å². The number of ether oxygens (including phenoxy) is 8. The molecular weight excluding hydrogens is 1240 g/mol. The smallest absolute Gasteiger partial charge is 0.546 e. The topological polar surface area (TPSA) is 235 Å². The maximum Gasteiger partial charge on any atom is 1.00 e. The molecule has 0 radical (unpaired) electrons. The van der Waals surface area contributed by atoms with Crippen LogP contribution in [0.2, 0.25) is 20.1 Å². The summed E-state index contributed by atoms with van der Waals surface area (Å²) in [5.74, 6) is 2.79. The van der Waals surface area contributed by atoms with Gasteiger partial charge in [-0.25, -0.2) is 24.5 Å². The number of carbonyl (C=O) groups is 3. The van der Waals surface area contributed by atoms with Gasteiger partial charge in [-0.15, -0.1) is 0 Å². The summed E-state index contributed by atoms with van der Waals surface area (Å²) in [6.07, 6.45) is 12.9. The summed E-state index contributed by atoms with van der Waals surface area (Å²) in [5.41, 5.74) is -1.73. The Labute approximate surface area is 562 Å². The number of esters is 2. The summed E-state index contributed by atoms with van der Waals surface area (Å²) in [6.45, 7) is 15.5. The number of carbonyl (C=O) groups excluding carboxylic acids is 3. The van der Waals surface area contributed by atoms with E-state index >= 15 is 0 Å². The van der Waals surface area contributed by atoms with Crippen LogP contribution in [0, 0.1) is 6.92 Å². The van der Waals surface area contributed by atoms with Crippen molar-refractivity contribution in [2.24, 2.45) is 0 Å². The molecule has 2 aromatic carbocycles. The van der Waals surface area contributed by atoms with Crippen molar-refractivity contribution < 1.29 is 86.9 Å². The molecule has 3 saturated carbocycles. The summed E-state index contributed by atoms with van der Waals surface area (Å²) in [4.78, 5) is 69.5. The van der Waals surface area contributed by atoms with Crippen LogP contribution in [0.15, 0.2) is 54.6 Å². The van der Waals surface area contributed by atoms with E-state index in [-0.39, 0.29) is 59.6 Å². The van der Waals surface area contributed by atoms with Gasteiger partial charge in [-0.2, -0.15) is 15.0 Å². The van der Waals surface area contributed by atoms with Crippen molar-refractivity contribution >= 4 is 81.8 Å². The fourth-order valence-corrected chi connectivity index (χ4v) is 11.1. The average Bonchev–Trinajstić information content (AvgIpc) is 2.87. The minimum absolute atomic E-state index is 0. The molecule has 21 nitrogen and oxygen atoms in total. The summed E-state index contributed by atoms with van der Waals surface area (Å²) in [5, 5.41) is 13.2. The third kappa shape index (κ3) is 18.6. The van der Waals surface area contributed by atoms with E-state index in [9.17, 15) is 19.5 Å². The molecule has 0 spiro atoms. The zero-order chi connectivity index (χ0) is 62.6. The SMILES string of the molecule is CCCOC1CCN(c2cc(OC3(C(=O)OC)CC3)nc(-c3ccc(Cl)c(Cl)c3)n2)CC1.CCCOC1CCN(c2cc(OC3(C(=O)OC)CC3)nc(C)n2)CC1.CCCOC1CCN(c2cc(OC3(C(=O)[O-])CC3)nc(-c3ccc(Cl)c(Cl)c3)n2)CC1.[Na+]. The van der Waals surface area contributed by atoms with Crippen LogP contribution in [0.1, 0.15) is 123 Å². The largest absolute Gasteiger partial charge is 1.00 e. The number of carboxylic acids is 1. The number of hydrogen-bond acceptors (Lipinski definition) is 21. The molecule has 89 heavy (non-hydrogen) atoms. The third-order valence-corrected chi connectivity index (χ3v) is 17.5. The van der Waals surface area contributed by atoms with Gasteiger partial charge in [0, 0.05) is 114 Å². The van der Waals surface area contributed by atoms with E-state index in [1.54, 1.807) is 42.5 Å². The number of benzene rings is 2. The number of aryl methyl sites for hydroxylation is 1. The minimum Gasteiger partial charge on any atom is -0.546 e. The minimum atomic E-state index is -1.30. The summed E-state index contributed by atoms with van der Waals surface area (Å²) >= 11 is 24.5. The van der Waals surface area contributed by atoms with Gasteiger partial charge >= 0.3 is 41.5 Å². The maximum atomic E-state index is 12.2. The Morgan fingerprint density at radius 3 is 1.11 bits per heavy atom. The molecule has 6 heterocycles. The Morgan fingerprint density at radius 2 is 0.809 bits per heavy atom. The molecule has 3 aromatic heterocycles. The molecule has 3 aliphatic carbocycles. The zero-order valence-electron chi connectivity index (χ0n) is 51.8. The number of rotatable bonds is 23. The van der Waals surface area contributed by atoms with Gasteiger partial charge in [-0.1, -0.05) is 67.2 Å². The van der Waals surface area contributed by atoms with Crippen LogP contribution in [0.25, 0.3) is 22.8 Å². The van der Waals surface area contributed by atoms with Crippen molar-refractivity contribution in [2.75, 3.05) is 88.0 Å². The van der Waals surface area contributed by atoms with Crippen LogP contribution >= 0.6 is 46.4 Å². The van der Waals surface area contributed by atoms with Gasteiger partial charge in [0.25, 0.3) is 0 Å². The van der Waals surface area contributed by atoms with E-state index < -0.39 is 22.8 Å². The standard InChI is InChI=1S/C23H27Cl2N3O4.C22H25Cl2N3O4.C18H27N3O4.Na/c1-3-12-31-16-6-10-28(11-7-16)19-14-20(32-23(8-9-23)22(29)30-2)27-21(26-19)15-4-5-17(24)18(25)13-15;1-2-11-30-15-5-9-27(10-6-15)18-13-19(31-22(7-8-22)21(28)29)26-20(25-18)14-3-4-16(23)17(24)12-14;1-4-11-24-14-5-9-21(10-6-14)15-12-16(20-13(2)19-15)25-18(7-8-18)17(22)23-3;/h4-5,13-14,16H,3,6-12H2,1-2H3;3-4,12-13,15H,2,5-11H2,1H3,(H,28,29);12,14H,4-11H2,1-3H3;/q;;;+1/p-1. The Kier molecular flexibility index (Phi) is 25.1. The summed E-state index contributed by atoms with van der Waals surface area (Å²) in [7, 11) is 2.75. The van der Waals surface area contributed by atoms with Crippen molar-refractivity contribution in [3.8, 4) is 40.4 Å². The molecule has 0 unspecified atom stereocenters. The molecule has 26 heteroatoms. The quantitative estimate of drug-likeness (QED) is 0.0450. The van der Waals surface area contributed by atoms with Crippen molar-refractivity contribution in [1.29, 1.82) is 0 Å². The Bertz CT molecular complexity index is 3210. The first kappa shape index (κ1) is 69.8. The second kappa shape index (κ2) is 32.0. The number of nitrogens with zero attached hydrogens (tertiary/aromatic N) is 9. The average molecular weight is 1320 g/mol. The van der Waals surface area contributed by atoms with Crippen molar-refractivity contribution in [1.82, 2.24) is 29.9 Å². The number of aromatic nitrogens is 6. The number of methoxy groups -OCH3 is 2. The van der Waals surface area contributed by atoms with Crippen LogP contribution in [-0.2, 0) is 38.1 Å². The van der Waals surface area contributed by atoms with Gasteiger partial charge in [-0.05, 0) is 114 Å². The Morgan fingerprint density at radius 1 is 0.483 bits per heavy atom. The first-order valence-electron chi connectivity index (χ1n) is 30.5. The van der Waals surface area contributed by atoms with Crippen LogP contribution < -0.4 is 63.6 Å². The molecule has 0 N–H and O–H groups in total. The second-order valence-electron chi connectivity index (χ2n) is 22.9. The van der Waals surface area contributed by atoms with Gasteiger partial charge < -0.3 is 62.5 Å². The molecule has 0 bridgehead atoms. The molecule has 0 amide bonds. The van der Waals surface area contributed by atoms with E-state index in [1.165, 1.54) is 14.2 Å². The second-order valence-corrected chi connectivity index (χ2v) is 24.5. The molecule has 11 rings (SSSR count). The van der Waals surface area contributed by atoms with Gasteiger partial charge in [0.05, 0.1) is 58.6 Å². The van der Waals surface area contributed by atoms with Crippen LogP contribution in [0.4, 0.5) is 17.5 Å². The van der Waals surface area contributed by atoms with E-state index in [1.807, 2.05) is 19.1 Å². The number of aliphatic carboxylic acids is 1. The number of anilines is 3. The van der Waals surface area contributed by atoms with E-state index in [4.69, 9.17) is 94.3 Å². The van der Waals surface area contributed by atoms with Crippen molar-refractivity contribution in [2.45, 2.75) is 159 Å². The van der Waals surface area contributed by atoms with Crippen molar-refractivity contribution in [3.63, 3.8) is 0 Å². The number of hydrogen-bond donors (Lipinski definition) is 0. The fourth-order valence-electron chi connectivity index (χ4n) is 10.5. The molecule has 3 saturated heterocycles. The first-order chi connectivity index (χ1) is 42.4. The zero-order valence-corrected chi connectivity index (χ0v) is 56.9. The van der Waals surface area contributed by atoms with Gasteiger partial charge in [0.1, 0.15) is 23.3 Å². The third-order valence-electron chi connectivity index (χ3n) is 16.0. The molecule has 6 aliphatic rings. The summed E-state index contributed by atoms with van der Waals surface area (Å²) in [6, 6.07) is 15.7. The van der Waals surface area contributed by atoms with Gasteiger partial charge in [0.15, 0.2) is 17.2 Å². The molecule has 3 aliphatic heterocycles. The number of halogens is 4. The fraction of sp³-hybridized carbons (Fsp3) is 0.571. The van der Waals surface area contributed by atoms with Crippen LogP contribution in [0.3, 0.4) is 0 Å². The van der Waals surface area contributed by atoms with E-state index in [2.05, 4.69) is 55.4 Å². The Hall–Kier alpha value is -5.07. The number of piperidine rings is 3. The van der Waals surface area contributed by atoms with Gasteiger partial charge in [-0.3, -0.25) is 0 Å². The van der Waals surface area contributed by atoms with Crippen molar-refractivity contribution in [3.05, 3.63) is 80.5 Å². The number of carboxylic acid groups (broad SMARTS) is 1. The molecule has 476 valence electrons. The molecule has 6 fully saturated rings. The first-order valence-corrected chi connectivity index (χ1v) is 32.0. The van der Waals surface area contributed by atoms with Crippen LogP contribution in [0.5, 0.6) is 17.6 Å². The van der Waals surface area contributed by atoms with Crippen LogP contribution in [-0.4, -0.2) is 156 Å². The summed E-state index contributed by atoms with van der Waals surface area (Å²) < 4.78 is 45.1. The maximum absolute atomic E-state index is 12.2. The molecule has 0 atom stereocenters. The normalized spacial score (nSPS) is 18.2. The predicted molar refractivity (Wildman–Crippen MR) is 333 cm³/mol. The monoisotopic (exact) mass is 1320 g/mol. The molecule has 5 aromatic rings. The van der Waals surface area contributed by atoms with E-state index in [0.717, 1.165) is 134 Å².